The highest BCUT2D eigenvalue weighted by atomic mass is 35.5. The third kappa shape index (κ3) is 7.83. The van der Waals surface area contributed by atoms with Gasteiger partial charge in [0.15, 0.2) is 17.4 Å². The molecule has 0 aromatic heterocycles. The molecule has 0 saturated carbocycles. The Kier molecular flexibility index (Phi) is 9.92. The molecule has 10 nitrogen and oxygen atoms in total. The number of amides is 2. The molecule has 2 aromatic rings. The molecular weight excluding hydrogens is 510 g/mol. The van der Waals surface area contributed by atoms with E-state index < -0.39 is 44.8 Å². The third-order valence-electron chi connectivity index (χ3n) is 4.72. The van der Waals surface area contributed by atoms with Gasteiger partial charge in [-0.2, -0.15) is 4.31 Å². The van der Waals surface area contributed by atoms with E-state index in [9.17, 15) is 26.8 Å². The van der Waals surface area contributed by atoms with Crippen LogP contribution in [-0.2, 0) is 19.6 Å². The summed E-state index contributed by atoms with van der Waals surface area (Å²) in [7, 11) is 0.0705. The molecule has 0 fully saturated rings. The average molecular weight is 535 g/mol. The van der Waals surface area contributed by atoms with E-state index in [1.807, 2.05) is 0 Å². The van der Waals surface area contributed by atoms with Gasteiger partial charge in [0.2, 0.25) is 15.9 Å². The maximum atomic E-state index is 14.7. The van der Waals surface area contributed by atoms with Gasteiger partial charge in [-0.15, -0.1) is 0 Å². The first-order valence-electron chi connectivity index (χ1n) is 10.1. The number of rotatable bonds is 11. The van der Waals surface area contributed by atoms with E-state index in [-0.39, 0.29) is 31.3 Å². The maximum absolute atomic E-state index is 14.7. The fraction of sp³-hybridized carbons (Fsp3) is 0.333. The van der Waals surface area contributed by atoms with Crippen molar-refractivity contribution in [2.75, 3.05) is 47.3 Å². The van der Waals surface area contributed by atoms with Gasteiger partial charge in [0.05, 0.1) is 18.0 Å². The molecule has 14 heteroatoms. The summed E-state index contributed by atoms with van der Waals surface area (Å²) in [5.74, 6) is -4.65. The minimum atomic E-state index is -4.60. The molecule has 2 rings (SSSR count). The standard InChI is InChI=1S/C21H25ClF2N4O6S/c1-26(2)20(30)13-27(3)8-9-28(12-19(29)25-31)35(32,33)16-10-17(23)21(18(24)11-16)34-15-6-4-14(22)5-7-15/h4-7,10-11,31H,8-9,12-13H2,1-3H3,(H,25,29). The molecule has 35 heavy (non-hydrogen) atoms. The number of halogens is 3. The summed E-state index contributed by atoms with van der Waals surface area (Å²) >= 11 is 5.77. The van der Waals surface area contributed by atoms with Crippen LogP contribution in [0.25, 0.3) is 0 Å². The maximum Gasteiger partial charge on any atom is 0.258 e. The summed E-state index contributed by atoms with van der Waals surface area (Å²) in [6, 6.07) is 6.76. The van der Waals surface area contributed by atoms with Crippen LogP contribution >= 0.6 is 11.6 Å². The fourth-order valence-electron chi connectivity index (χ4n) is 2.77. The van der Waals surface area contributed by atoms with Crippen molar-refractivity contribution >= 4 is 33.4 Å². The van der Waals surface area contributed by atoms with Crippen LogP contribution in [0.1, 0.15) is 0 Å². The number of likely N-dealkylation sites (N-methyl/N-ethyl adjacent to an activating group) is 2. The SMILES string of the molecule is CN(CCN(CC(=O)NO)S(=O)(=O)c1cc(F)c(Oc2ccc(Cl)cc2)c(F)c1)CC(=O)N(C)C. The lowest BCUT2D eigenvalue weighted by atomic mass is 10.3. The number of hydrogen-bond donors (Lipinski definition) is 2. The second-order valence-electron chi connectivity index (χ2n) is 7.67. The zero-order valence-corrected chi connectivity index (χ0v) is 20.7. The van der Waals surface area contributed by atoms with Gasteiger partial charge in [0.1, 0.15) is 5.75 Å². The van der Waals surface area contributed by atoms with Gasteiger partial charge in [0.25, 0.3) is 5.91 Å². The minimum Gasteiger partial charge on any atom is -0.451 e. The van der Waals surface area contributed by atoms with E-state index in [1.165, 1.54) is 39.5 Å². The van der Waals surface area contributed by atoms with E-state index in [1.54, 1.807) is 21.1 Å². The Labute approximate surface area is 206 Å². The van der Waals surface area contributed by atoms with Crippen LogP contribution in [0, 0.1) is 11.6 Å². The van der Waals surface area contributed by atoms with Crippen LogP contribution in [0.4, 0.5) is 8.78 Å². The normalized spacial score (nSPS) is 11.6. The number of nitrogens with one attached hydrogen (secondary N) is 1. The summed E-state index contributed by atoms with van der Waals surface area (Å²) < 4.78 is 61.4. The lowest BCUT2D eigenvalue weighted by Gasteiger charge is -2.25. The summed E-state index contributed by atoms with van der Waals surface area (Å²) in [6.07, 6.45) is 0. The van der Waals surface area contributed by atoms with Crippen molar-refractivity contribution < 1.29 is 36.7 Å². The molecule has 0 spiro atoms. The lowest BCUT2D eigenvalue weighted by molar-refractivity contribution is -0.130. The number of carbonyl (C=O) groups is 2. The third-order valence-corrected chi connectivity index (χ3v) is 6.80. The first-order valence-corrected chi connectivity index (χ1v) is 11.9. The molecule has 0 heterocycles. The van der Waals surface area contributed by atoms with Gasteiger partial charge in [-0.3, -0.25) is 19.7 Å². The molecule has 0 saturated heterocycles. The molecule has 192 valence electrons. The number of nitrogens with zero attached hydrogens (tertiary/aromatic N) is 3. The highest BCUT2D eigenvalue weighted by Gasteiger charge is 2.29. The first kappa shape index (κ1) is 28.4. The number of sulfonamides is 1. The number of ether oxygens (including phenoxy) is 1. The van der Waals surface area contributed by atoms with E-state index in [0.29, 0.717) is 21.5 Å². The number of carbonyl (C=O) groups excluding carboxylic acids is 2. The van der Waals surface area contributed by atoms with Crippen LogP contribution in [0.2, 0.25) is 5.02 Å². The molecule has 0 radical (unpaired) electrons. The van der Waals surface area contributed by atoms with Crippen molar-refractivity contribution in [3.8, 4) is 11.5 Å². The highest BCUT2D eigenvalue weighted by molar-refractivity contribution is 7.89. The molecule has 2 N–H and O–H groups in total. The Bertz CT molecular complexity index is 1140. The number of benzene rings is 2. The van der Waals surface area contributed by atoms with Crippen molar-refractivity contribution in [2.45, 2.75) is 4.90 Å². The van der Waals surface area contributed by atoms with E-state index in [0.717, 1.165) is 0 Å². The zero-order chi connectivity index (χ0) is 26.3. The average Bonchev–Trinajstić information content (AvgIpc) is 2.79. The summed E-state index contributed by atoms with van der Waals surface area (Å²) in [4.78, 5) is 25.6. The summed E-state index contributed by atoms with van der Waals surface area (Å²) in [5, 5.41) is 9.21. The molecule has 0 unspecified atom stereocenters. The van der Waals surface area contributed by atoms with E-state index in [4.69, 9.17) is 21.5 Å². The quantitative estimate of drug-likeness (QED) is 0.334. The molecule has 0 atom stereocenters. The fourth-order valence-corrected chi connectivity index (χ4v) is 4.30. The Hall–Kier alpha value is -2.84. The number of hydrogen-bond acceptors (Lipinski definition) is 7. The van der Waals surface area contributed by atoms with Crippen LogP contribution in [0.15, 0.2) is 41.3 Å². The van der Waals surface area contributed by atoms with Crippen molar-refractivity contribution in [3.63, 3.8) is 0 Å². The summed E-state index contributed by atoms with van der Waals surface area (Å²) in [5.41, 5.74) is 1.32. The van der Waals surface area contributed by atoms with Gasteiger partial charge in [0, 0.05) is 32.2 Å². The monoisotopic (exact) mass is 534 g/mol. The number of hydroxylamine groups is 1. The van der Waals surface area contributed by atoms with Gasteiger partial charge < -0.3 is 9.64 Å². The van der Waals surface area contributed by atoms with Crippen LogP contribution < -0.4 is 10.2 Å². The molecular formula is C21H25ClF2N4O6S. The lowest BCUT2D eigenvalue weighted by Crippen LogP contribution is -2.44. The Morgan fingerprint density at radius 1 is 1.03 bits per heavy atom. The predicted molar refractivity (Wildman–Crippen MR) is 123 cm³/mol. The van der Waals surface area contributed by atoms with Crippen molar-refractivity contribution in [1.29, 1.82) is 0 Å². The van der Waals surface area contributed by atoms with Gasteiger partial charge in [-0.05, 0) is 43.4 Å². The highest BCUT2D eigenvalue weighted by Crippen LogP contribution is 2.31. The Morgan fingerprint density at radius 2 is 1.60 bits per heavy atom. The van der Waals surface area contributed by atoms with Crippen LogP contribution in [0.5, 0.6) is 11.5 Å². The molecule has 2 aromatic carbocycles. The molecule has 2 amide bonds. The van der Waals surface area contributed by atoms with Crippen molar-refractivity contribution in [3.05, 3.63) is 53.1 Å². The first-order chi connectivity index (χ1) is 16.3. The van der Waals surface area contributed by atoms with Crippen LogP contribution in [-0.4, -0.2) is 86.9 Å². The van der Waals surface area contributed by atoms with E-state index in [2.05, 4.69) is 0 Å². The molecule has 0 aliphatic rings. The largest absolute Gasteiger partial charge is 0.451 e. The van der Waals surface area contributed by atoms with Gasteiger partial charge >= 0.3 is 0 Å². The van der Waals surface area contributed by atoms with E-state index >= 15 is 0 Å². The Morgan fingerprint density at radius 3 is 2.11 bits per heavy atom. The topological polar surface area (TPSA) is 119 Å². The zero-order valence-electron chi connectivity index (χ0n) is 19.2. The molecule has 0 aliphatic heterocycles. The second kappa shape index (κ2) is 12.2. The second-order valence-corrected chi connectivity index (χ2v) is 10.0. The predicted octanol–water partition coefficient (Wildman–Crippen LogP) is 1.93. The van der Waals surface area contributed by atoms with Gasteiger partial charge in [-0.1, -0.05) is 11.6 Å². The van der Waals surface area contributed by atoms with Crippen molar-refractivity contribution in [1.82, 2.24) is 19.6 Å². The molecule has 0 aliphatic carbocycles. The minimum absolute atomic E-state index is 0.000242. The molecule has 0 bridgehead atoms. The van der Waals surface area contributed by atoms with Crippen molar-refractivity contribution in [2.24, 2.45) is 0 Å². The van der Waals surface area contributed by atoms with Gasteiger partial charge in [-0.25, -0.2) is 22.7 Å². The summed E-state index contributed by atoms with van der Waals surface area (Å²) in [6.45, 7) is -1.19. The Balaban J connectivity index is 2.30. The van der Waals surface area contributed by atoms with Crippen LogP contribution in [0.3, 0.4) is 0 Å². The smallest absolute Gasteiger partial charge is 0.258 e.